The molecule has 0 N–H and O–H groups in total. The Hall–Kier alpha value is -7.19. The highest BCUT2D eigenvalue weighted by Crippen LogP contribution is 2.40. The van der Waals surface area contributed by atoms with Gasteiger partial charge in [-0.05, 0) is 136 Å². The van der Waals surface area contributed by atoms with Crippen LogP contribution in [0, 0.1) is 0 Å². The highest BCUT2D eigenvalue weighted by atomic mass is 19.4. The SMILES string of the molecule is FC(F)(F)c1ccc2c(-c3ccc4cc(N(c5ccc(-c6nc7ccccc7o6)cc5)c5ccc(-c6nc7ccccc7o6)cc5)ccc4c3)cccc2c1. The summed E-state index contributed by atoms with van der Waals surface area (Å²) in [6.07, 6.45) is -4.40. The van der Waals surface area contributed by atoms with E-state index in [4.69, 9.17) is 8.83 Å². The average molecular weight is 724 g/mol. The van der Waals surface area contributed by atoms with Crippen molar-refractivity contribution in [1.29, 1.82) is 0 Å². The van der Waals surface area contributed by atoms with E-state index in [0.29, 0.717) is 17.2 Å². The quantitative estimate of drug-likeness (QED) is 0.171. The minimum atomic E-state index is -4.40. The summed E-state index contributed by atoms with van der Waals surface area (Å²) in [5, 5.41) is 3.32. The summed E-state index contributed by atoms with van der Waals surface area (Å²) in [5.74, 6) is 1.10. The molecule has 264 valence electrons. The fourth-order valence-corrected chi connectivity index (χ4v) is 7.20. The van der Waals surface area contributed by atoms with Crippen LogP contribution in [-0.2, 0) is 6.18 Å². The number of alkyl halides is 3. The molecule has 0 aliphatic rings. The maximum Gasteiger partial charge on any atom is 0.416 e. The van der Waals surface area contributed by atoms with Crippen LogP contribution in [-0.4, -0.2) is 9.97 Å². The first-order valence-electron chi connectivity index (χ1n) is 17.7. The third kappa shape index (κ3) is 5.94. The number of oxazole rings is 2. The first-order chi connectivity index (χ1) is 26.8. The van der Waals surface area contributed by atoms with Crippen molar-refractivity contribution < 1.29 is 22.0 Å². The smallest absolute Gasteiger partial charge is 0.416 e. The topological polar surface area (TPSA) is 55.3 Å². The molecule has 2 aromatic heterocycles. The van der Waals surface area contributed by atoms with Crippen molar-refractivity contribution in [2.24, 2.45) is 0 Å². The van der Waals surface area contributed by atoms with Gasteiger partial charge in [-0.15, -0.1) is 0 Å². The standard InChI is InChI=1S/C47H28F3N3O2/c48-47(49,50)35-19-25-40-33(27-35)6-5-7-39(40)34-13-12-32-28-38(24-18-31(32)26-34)53(36-20-14-29(15-21-36)45-51-41-8-1-3-10-43(41)54-45)37-22-16-30(17-23-37)46-52-42-9-2-4-11-44(42)55-46/h1-28H. The van der Waals surface area contributed by atoms with E-state index in [2.05, 4.69) is 69.5 Å². The Bertz CT molecular complexity index is 2850. The Morgan fingerprint density at radius 2 is 0.982 bits per heavy atom. The molecular weight excluding hydrogens is 696 g/mol. The minimum absolute atomic E-state index is 0.544. The molecule has 8 aromatic carbocycles. The molecule has 2 heterocycles. The van der Waals surface area contributed by atoms with Gasteiger partial charge in [-0.25, -0.2) is 9.97 Å². The number of aromatic nitrogens is 2. The van der Waals surface area contributed by atoms with Crippen molar-refractivity contribution in [2.45, 2.75) is 6.18 Å². The largest absolute Gasteiger partial charge is 0.436 e. The van der Waals surface area contributed by atoms with Crippen molar-refractivity contribution >= 4 is 60.8 Å². The lowest BCUT2D eigenvalue weighted by atomic mass is 9.95. The van der Waals surface area contributed by atoms with Gasteiger partial charge in [0, 0.05) is 28.2 Å². The van der Waals surface area contributed by atoms with Gasteiger partial charge in [0.1, 0.15) is 11.0 Å². The van der Waals surface area contributed by atoms with Crippen LogP contribution in [0.1, 0.15) is 5.56 Å². The summed E-state index contributed by atoms with van der Waals surface area (Å²) in [5.41, 5.74) is 8.73. The van der Waals surface area contributed by atoms with E-state index in [1.807, 2.05) is 84.9 Å². The molecule has 10 aromatic rings. The van der Waals surface area contributed by atoms with E-state index < -0.39 is 11.7 Å². The van der Waals surface area contributed by atoms with Gasteiger partial charge < -0.3 is 13.7 Å². The van der Waals surface area contributed by atoms with Gasteiger partial charge in [-0.1, -0.05) is 66.7 Å². The second kappa shape index (κ2) is 12.7. The van der Waals surface area contributed by atoms with Crippen molar-refractivity contribution in [3.05, 3.63) is 175 Å². The molecule has 0 saturated carbocycles. The lowest BCUT2D eigenvalue weighted by Crippen LogP contribution is -2.09. The number of benzene rings is 8. The number of para-hydroxylation sites is 4. The van der Waals surface area contributed by atoms with Crippen LogP contribution in [0.2, 0.25) is 0 Å². The van der Waals surface area contributed by atoms with Crippen LogP contribution in [0.25, 0.3) is 77.8 Å². The van der Waals surface area contributed by atoms with Crippen molar-refractivity contribution in [1.82, 2.24) is 9.97 Å². The first kappa shape index (κ1) is 32.5. The highest BCUT2D eigenvalue weighted by Gasteiger charge is 2.30. The Balaban J connectivity index is 1.03. The molecule has 8 heteroatoms. The molecule has 0 aliphatic carbocycles. The average Bonchev–Trinajstić information content (AvgIpc) is 3.86. The molecule has 5 nitrogen and oxygen atoms in total. The van der Waals surface area contributed by atoms with Gasteiger partial charge in [0.2, 0.25) is 11.8 Å². The fraction of sp³-hybridized carbons (Fsp3) is 0.0213. The van der Waals surface area contributed by atoms with Crippen molar-refractivity contribution in [3.63, 3.8) is 0 Å². The normalized spacial score (nSPS) is 11.9. The Morgan fingerprint density at radius 3 is 1.58 bits per heavy atom. The third-order valence-corrected chi connectivity index (χ3v) is 9.93. The fourth-order valence-electron chi connectivity index (χ4n) is 7.20. The second-order valence-corrected chi connectivity index (χ2v) is 13.4. The number of anilines is 3. The van der Waals surface area contributed by atoms with Gasteiger partial charge in [0.05, 0.1) is 5.56 Å². The van der Waals surface area contributed by atoms with Crippen LogP contribution < -0.4 is 4.90 Å². The van der Waals surface area contributed by atoms with Gasteiger partial charge in [0.15, 0.2) is 11.2 Å². The summed E-state index contributed by atoms with van der Waals surface area (Å²) in [6, 6.07) is 53.5. The summed E-state index contributed by atoms with van der Waals surface area (Å²) >= 11 is 0. The molecule has 0 radical (unpaired) electrons. The number of hydrogen-bond acceptors (Lipinski definition) is 5. The number of fused-ring (bicyclic) bond motifs is 4. The summed E-state index contributed by atoms with van der Waals surface area (Å²) < 4.78 is 52.5. The Labute approximate surface area is 312 Å². The van der Waals surface area contributed by atoms with Crippen LogP contribution in [0.5, 0.6) is 0 Å². The lowest BCUT2D eigenvalue weighted by Gasteiger charge is -2.26. The third-order valence-electron chi connectivity index (χ3n) is 9.93. The summed E-state index contributed by atoms with van der Waals surface area (Å²) in [6.45, 7) is 0. The summed E-state index contributed by atoms with van der Waals surface area (Å²) in [4.78, 5) is 11.5. The minimum Gasteiger partial charge on any atom is -0.436 e. The molecule has 10 rings (SSSR count). The van der Waals surface area contributed by atoms with E-state index in [-0.39, 0.29) is 0 Å². The molecule has 55 heavy (non-hydrogen) atoms. The lowest BCUT2D eigenvalue weighted by molar-refractivity contribution is -0.137. The monoisotopic (exact) mass is 723 g/mol. The molecule has 0 bridgehead atoms. The molecule has 0 spiro atoms. The molecular formula is C47H28F3N3O2. The number of nitrogens with zero attached hydrogens (tertiary/aromatic N) is 3. The predicted molar refractivity (Wildman–Crippen MR) is 213 cm³/mol. The van der Waals surface area contributed by atoms with Gasteiger partial charge >= 0.3 is 6.18 Å². The molecule has 0 atom stereocenters. The van der Waals surface area contributed by atoms with E-state index in [0.717, 1.165) is 83.7 Å². The van der Waals surface area contributed by atoms with Crippen molar-refractivity contribution in [3.8, 4) is 34.0 Å². The summed E-state index contributed by atoms with van der Waals surface area (Å²) in [7, 11) is 0. The highest BCUT2D eigenvalue weighted by molar-refractivity contribution is 6.00. The molecule has 0 amide bonds. The second-order valence-electron chi connectivity index (χ2n) is 13.4. The van der Waals surface area contributed by atoms with Gasteiger partial charge in [-0.3, -0.25) is 0 Å². The van der Waals surface area contributed by atoms with Crippen LogP contribution >= 0.6 is 0 Å². The zero-order valence-corrected chi connectivity index (χ0v) is 29.0. The molecule has 0 saturated heterocycles. The molecule has 0 unspecified atom stereocenters. The Kier molecular flexibility index (Phi) is 7.52. The number of rotatable bonds is 6. The van der Waals surface area contributed by atoms with E-state index in [1.165, 1.54) is 6.07 Å². The predicted octanol–water partition coefficient (Wildman–Crippen LogP) is 13.8. The first-order valence-corrected chi connectivity index (χ1v) is 17.7. The van der Waals surface area contributed by atoms with Crippen LogP contribution in [0.3, 0.4) is 0 Å². The number of halogens is 3. The van der Waals surface area contributed by atoms with Gasteiger partial charge in [-0.2, -0.15) is 13.2 Å². The maximum absolute atomic E-state index is 13.5. The maximum atomic E-state index is 13.5. The zero-order chi connectivity index (χ0) is 37.1. The molecule has 0 aliphatic heterocycles. The van der Waals surface area contributed by atoms with Crippen LogP contribution in [0.4, 0.5) is 30.2 Å². The molecule has 0 fully saturated rings. The number of hydrogen-bond donors (Lipinski definition) is 0. The zero-order valence-electron chi connectivity index (χ0n) is 29.0. The Morgan fingerprint density at radius 1 is 0.436 bits per heavy atom. The van der Waals surface area contributed by atoms with Gasteiger partial charge in [0.25, 0.3) is 0 Å². The van der Waals surface area contributed by atoms with E-state index in [1.54, 1.807) is 18.2 Å². The van der Waals surface area contributed by atoms with Crippen LogP contribution in [0.15, 0.2) is 179 Å². The van der Waals surface area contributed by atoms with Crippen molar-refractivity contribution in [2.75, 3.05) is 4.90 Å². The van der Waals surface area contributed by atoms with E-state index in [9.17, 15) is 13.2 Å². The van der Waals surface area contributed by atoms with E-state index >= 15 is 0 Å².